The number of amides is 1. The quantitative estimate of drug-likeness (QED) is 0.864. The molecule has 21 heavy (non-hydrogen) atoms. The fourth-order valence-electron chi connectivity index (χ4n) is 3.08. The molecule has 1 aliphatic carbocycles. The van der Waals surface area contributed by atoms with E-state index in [2.05, 4.69) is 10.1 Å². The Labute approximate surface area is 123 Å². The molecule has 0 radical (unpaired) electrons. The zero-order valence-corrected chi connectivity index (χ0v) is 12.2. The molecule has 0 unspecified atom stereocenters. The van der Waals surface area contributed by atoms with Crippen LogP contribution in [0.15, 0.2) is 30.3 Å². The number of rotatable bonds is 4. The molecule has 112 valence electrons. The maximum absolute atomic E-state index is 12.4. The van der Waals surface area contributed by atoms with Crippen LogP contribution in [0.2, 0.25) is 0 Å². The highest BCUT2D eigenvalue weighted by atomic mass is 16.5. The van der Waals surface area contributed by atoms with Gasteiger partial charge in [-0.05, 0) is 25.3 Å². The highest BCUT2D eigenvalue weighted by Crippen LogP contribution is 2.46. The molecule has 1 fully saturated rings. The Hall–Kier alpha value is -2.17. The second-order valence-corrected chi connectivity index (χ2v) is 5.28. The molecule has 5 heteroatoms. The van der Waals surface area contributed by atoms with Gasteiger partial charge in [-0.3, -0.25) is 9.59 Å². The van der Waals surface area contributed by atoms with Crippen LogP contribution in [0.4, 0.5) is 4.79 Å². The largest absolute Gasteiger partial charge is 0.453 e. The van der Waals surface area contributed by atoms with E-state index in [-0.39, 0.29) is 11.6 Å². The Morgan fingerprint density at radius 3 is 2.43 bits per heavy atom. The van der Waals surface area contributed by atoms with Gasteiger partial charge < -0.3 is 10.1 Å². The number of ketones is 2. The van der Waals surface area contributed by atoms with Crippen LogP contribution in [0.1, 0.15) is 37.8 Å². The van der Waals surface area contributed by atoms with Gasteiger partial charge in [0, 0.05) is 6.42 Å². The number of nitrogens with one attached hydrogen (secondary N) is 1. The van der Waals surface area contributed by atoms with Crippen molar-refractivity contribution < 1.29 is 19.1 Å². The van der Waals surface area contributed by atoms with Crippen molar-refractivity contribution in [3.63, 3.8) is 0 Å². The molecule has 0 heterocycles. The van der Waals surface area contributed by atoms with Gasteiger partial charge in [0.2, 0.25) is 0 Å². The third-order valence-electron chi connectivity index (χ3n) is 4.17. The molecule has 1 saturated carbocycles. The molecule has 0 aliphatic heterocycles. The minimum Gasteiger partial charge on any atom is -0.453 e. The van der Waals surface area contributed by atoms with Gasteiger partial charge in [0.25, 0.3) is 0 Å². The predicted molar refractivity (Wildman–Crippen MR) is 76.7 cm³/mol. The normalized spacial score (nSPS) is 22.7. The van der Waals surface area contributed by atoms with Gasteiger partial charge in [0.05, 0.1) is 13.2 Å². The van der Waals surface area contributed by atoms with Crippen molar-refractivity contribution in [1.82, 2.24) is 5.32 Å². The summed E-state index contributed by atoms with van der Waals surface area (Å²) in [4.78, 5) is 36.3. The van der Waals surface area contributed by atoms with Crippen LogP contribution in [0.3, 0.4) is 0 Å². The number of alkyl carbamates (subject to hydrolysis) is 1. The van der Waals surface area contributed by atoms with Gasteiger partial charge in [-0.15, -0.1) is 0 Å². The van der Waals surface area contributed by atoms with Crippen LogP contribution in [0, 0.1) is 5.41 Å². The molecular weight excluding hydrogens is 270 g/mol. The van der Waals surface area contributed by atoms with E-state index in [0.29, 0.717) is 19.3 Å². The van der Waals surface area contributed by atoms with Gasteiger partial charge in [-0.1, -0.05) is 30.3 Å². The fraction of sp³-hybridized carbons (Fsp3) is 0.438. The molecule has 0 aromatic heterocycles. The fourth-order valence-corrected chi connectivity index (χ4v) is 3.08. The van der Waals surface area contributed by atoms with E-state index in [9.17, 15) is 14.4 Å². The van der Waals surface area contributed by atoms with Crippen molar-refractivity contribution in [3.05, 3.63) is 35.9 Å². The summed E-state index contributed by atoms with van der Waals surface area (Å²) in [6.07, 6.45) is 0.824. The van der Waals surface area contributed by atoms with Crippen molar-refractivity contribution in [2.45, 2.75) is 32.2 Å². The summed E-state index contributed by atoms with van der Waals surface area (Å²) >= 11 is 0. The molecule has 1 N–H and O–H groups in total. The first kappa shape index (κ1) is 15.2. The Bertz CT molecular complexity index is 555. The molecule has 5 nitrogen and oxygen atoms in total. The maximum atomic E-state index is 12.4. The number of ether oxygens (including phenoxy) is 1. The number of hydrogen-bond acceptors (Lipinski definition) is 4. The number of hydrogen-bond donors (Lipinski definition) is 1. The zero-order valence-electron chi connectivity index (χ0n) is 12.2. The van der Waals surface area contributed by atoms with Crippen LogP contribution in [0.5, 0.6) is 0 Å². The van der Waals surface area contributed by atoms with Crippen molar-refractivity contribution in [3.8, 4) is 0 Å². The van der Waals surface area contributed by atoms with E-state index in [0.717, 1.165) is 5.56 Å². The molecule has 1 aromatic carbocycles. The van der Waals surface area contributed by atoms with Crippen LogP contribution >= 0.6 is 0 Å². The summed E-state index contributed by atoms with van der Waals surface area (Å²) in [5, 5.41) is 2.67. The Morgan fingerprint density at radius 1 is 1.29 bits per heavy atom. The smallest absolute Gasteiger partial charge is 0.407 e. The second-order valence-electron chi connectivity index (χ2n) is 5.28. The summed E-state index contributed by atoms with van der Waals surface area (Å²) in [5.74, 6) is -0.324. The Kier molecular flexibility index (Phi) is 4.40. The summed E-state index contributed by atoms with van der Waals surface area (Å²) in [7, 11) is 1.26. The van der Waals surface area contributed by atoms with Crippen molar-refractivity contribution in [2.24, 2.45) is 5.41 Å². The first-order chi connectivity index (χ1) is 10.0. The third-order valence-corrected chi connectivity index (χ3v) is 4.17. The first-order valence-electron chi connectivity index (χ1n) is 6.96. The van der Waals surface area contributed by atoms with Gasteiger partial charge in [0.15, 0.2) is 0 Å². The molecule has 0 spiro atoms. The maximum Gasteiger partial charge on any atom is 0.407 e. The molecule has 1 aromatic rings. The van der Waals surface area contributed by atoms with Crippen LogP contribution < -0.4 is 5.32 Å². The topological polar surface area (TPSA) is 72.5 Å². The lowest BCUT2D eigenvalue weighted by atomic mass is 9.72. The van der Waals surface area contributed by atoms with E-state index >= 15 is 0 Å². The van der Waals surface area contributed by atoms with Crippen LogP contribution in [-0.2, 0) is 14.3 Å². The number of carbonyl (C=O) groups excluding carboxylic acids is 3. The summed E-state index contributed by atoms with van der Waals surface area (Å²) < 4.78 is 4.65. The summed E-state index contributed by atoms with van der Waals surface area (Å²) in [6.45, 7) is 1.41. The van der Waals surface area contributed by atoms with Gasteiger partial charge >= 0.3 is 6.09 Å². The second kappa shape index (κ2) is 6.08. The van der Waals surface area contributed by atoms with Crippen LogP contribution in [-0.4, -0.2) is 24.8 Å². The highest BCUT2D eigenvalue weighted by Gasteiger charge is 2.53. The number of Topliss-reactive ketones (excluding diaryl/α,β-unsaturated/α-hetero) is 2. The molecule has 1 amide bonds. The van der Waals surface area contributed by atoms with Crippen molar-refractivity contribution in [1.29, 1.82) is 0 Å². The van der Waals surface area contributed by atoms with E-state index < -0.39 is 17.6 Å². The molecule has 0 bridgehead atoms. The zero-order chi connectivity index (χ0) is 15.5. The van der Waals surface area contributed by atoms with Gasteiger partial charge in [0.1, 0.15) is 17.0 Å². The lowest BCUT2D eigenvalue weighted by Crippen LogP contribution is -2.47. The lowest BCUT2D eigenvalue weighted by molar-refractivity contribution is -0.139. The minimum absolute atomic E-state index is 0.111. The lowest BCUT2D eigenvalue weighted by Gasteiger charge is -2.34. The monoisotopic (exact) mass is 289 g/mol. The van der Waals surface area contributed by atoms with E-state index in [4.69, 9.17) is 0 Å². The molecule has 2 rings (SSSR count). The van der Waals surface area contributed by atoms with E-state index in [1.54, 1.807) is 12.1 Å². The number of methoxy groups -OCH3 is 1. The highest BCUT2D eigenvalue weighted by molar-refractivity contribution is 6.08. The van der Waals surface area contributed by atoms with Crippen molar-refractivity contribution in [2.75, 3.05) is 7.11 Å². The van der Waals surface area contributed by atoms with Gasteiger partial charge in [-0.2, -0.15) is 0 Å². The minimum atomic E-state index is -1.18. The summed E-state index contributed by atoms with van der Waals surface area (Å²) in [5.41, 5.74) is -0.455. The number of benzene rings is 1. The average molecular weight is 289 g/mol. The van der Waals surface area contributed by atoms with E-state index in [1.165, 1.54) is 14.0 Å². The Balaban J connectivity index is 2.49. The van der Waals surface area contributed by atoms with Crippen LogP contribution in [0.25, 0.3) is 0 Å². The standard InChI is InChI=1S/C16H19NO4/c1-11(18)16(10-6-9-13(16)19)14(17-15(20)21-2)12-7-4-3-5-8-12/h3-5,7-8,14H,6,9-10H2,1-2H3,(H,17,20)/t14-,16-/m0/s1. The average Bonchev–Trinajstić information content (AvgIpc) is 2.88. The molecule has 2 atom stereocenters. The Morgan fingerprint density at radius 2 is 1.95 bits per heavy atom. The van der Waals surface area contributed by atoms with Crippen molar-refractivity contribution >= 4 is 17.7 Å². The predicted octanol–water partition coefficient (Wildman–Crippen LogP) is 2.41. The number of carbonyl (C=O) groups is 3. The molecule has 1 aliphatic rings. The SMILES string of the molecule is COC(=O)N[C@@H](c1ccccc1)[C@]1(C(C)=O)CCCC1=O. The van der Waals surface area contributed by atoms with Gasteiger partial charge in [-0.25, -0.2) is 4.79 Å². The third kappa shape index (κ3) is 2.68. The first-order valence-corrected chi connectivity index (χ1v) is 6.96. The summed E-state index contributed by atoms with van der Waals surface area (Å²) in [6, 6.07) is 8.38. The van der Waals surface area contributed by atoms with E-state index in [1.807, 2.05) is 18.2 Å². The molecule has 0 saturated heterocycles. The molecular formula is C16H19NO4.